The molecule has 4 N–H and O–H groups in total. The van der Waals surface area contributed by atoms with Crippen molar-refractivity contribution in [2.45, 2.75) is 25.3 Å². The smallest absolute Gasteiger partial charge is 0.267 e. The summed E-state index contributed by atoms with van der Waals surface area (Å²) in [5.74, 6) is -0.187. The maximum atomic E-state index is 12.1. The molecule has 1 amide bonds. The van der Waals surface area contributed by atoms with E-state index in [1.165, 1.54) is 17.8 Å². The minimum Gasteiger partial charge on any atom is -0.355 e. The van der Waals surface area contributed by atoms with E-state index in [1.807, 2.05) is 0 Å². The monoisotopic (exact) mass is 338 g/mol. The van der Waals surface area contributed by atoms with Gasteiger partial charge >= 0.3 is 0 Å². The van der Waals surface area contributed by atoms with Crippen LogP contribution in [-0.2, 0) is 9.59 Å². The Morgan fingerprint density at radius 2 is 2.30 bits per heavy atom. The van der Waals surface area contributed by atoms with Gasteiger partial charge in [0, 0.05) is 18.8 Å². The minimum atomic E-state index is -0.705. The molecule has 1 aliphatic heterocycles. The summed E-state index contributed by atoms with van der Waals surface area (Å²) in [7, 11) is 0. The van der Waals surface area contributed by atoms with Gasteiger partial charge in [0.1, 0.15) is 11.4 Å². The maximum absolute atomic E-state index is 12.1. The summed E-state index contributed by atoms with van der Waals surface area (Å²) in [6.45, 7) is 2.96. The number of pyridine rings is 1. The fourth-order valence-electron chi connectivity index (χ4n) is 2.47. The Balaban J connectivity index is 2.18. The van der Waals surface area contributed by atoms with Crippen molar-refractivity contribution in [2.75, 3.05) is 18.4 Å². The second-order valence-electron chi connectivity index (χ2n) is 5.45. The number of halogens is 1. The van der Waals surface area contributed by atoms with Gasteiger partial charge in [-0.05, 0) is 44.0 Å². The second kappa shape index (κ2) is 7.54. The minimum absolute atomic E-state index is 0.0335. The van der Waals surface area contributed by atoms with E-state index in [0.717, 1.165) is 19.0 Å². The summed E-state index contributed by atoms with van der Waals surface area (Å²) in [5.41, 5.74) is 1.39. The molecule has 7 nitrogen and oxygen atoms in total. The third kappa shape index (κ3) is 4.28. The van der Waals surface area contributed by atoms with E-state index in [-0.39, 0.29) is 5.78 Å². The molecule has 23 heavy (non-hydrogen) atoms. The zero-order chi connectivity index (χ0) is 16.9. The normalized spacial score (nSPS) is 21.2. The summed E-state index contributed by atoms with van der Waals surface area (Å²) >= 11 is 6.22. The van der Waals surface area contributed by atoms with Gasteiger partial charge < -0.3 is 10.6 Å². The topological polar surface area (TPSA) is 103 Å². The Bertz CT molecular complexity index is 627. The van der Waals surface area contributed by atoms with E-state index in [9.17, 15) is 9.59 Å². The first kappa shape index (κ1) is 17.4. The van der Waals surface area contributed by atoms with Crippen LogP contribution in [0, 0.1) is 0 Å². The molecular weight excluding hydrogens is 320 g/mol. The van der Waals surface area contributed by atoms with Crippen LogP contribution in [0.5, 0.6) is 0 Å². The number of hydrogen-bond donors (Lipinski definition) is 4. The predicted octanol–water partition coefficient (Wildman–Crippen LogP) is 1.38. The van der Waals surface area contributed by atoms with Crippen LogP contribution in [0.25, 0.3) is 6.08 Å². The van der Waals surface area contributed by atoms with Gasteiger partial charge in [-0.15, -0.1) is 0 Å². The molecule has 1 fully saturated rings. The van der Waals surface area contributed by atoms with Gasteiger partial charge in [0.15, 0.2) is 5.78 Å². The number of nitrogens with one attached hydrogen (secondary N) is 3. The lowest BCUT2D eigenvalue weighted by Crippen LogP contribution is -2.56. The lowest BCUT2D eigenvalue weighted by atomic mass is 9.86. The number of nitrogens with zero attached hydrogens (tertiary/aromatic N) is 1. The van der Waals surface area contributed by atoms with Crippen LogP contribution in [0.1, 0.15) is 25.3 Å². The molecule has 0 bridgehead atoms. The molecule has 2 rings (SSSR count). The summed E-state index contributed by atoms with van der Waals surface area (Å²) in [6.07, 6.45) is 5.76. The average Bonchev–Trinajstić information content (AvgIpc) is 2.55. The lowest BCUT2D eigenvalue weighted by Gasteiger charge is -2.36. The number of anilines is 1. The van der Waals surface area contributed by atoms with Crippen LogP contribution in [0.15, 0.2) is 18.3 Å². The van der Waals surface area contributed by atoms with Crippen molar-refractivity contribution in [1.82, 2.24) is 15.8 Å². The third-order valence-electron chi connectivity index (χ3n) is 3.82. The Morgan fingerprint density at radius 3 is 2.87 bits per heavy atom. The molecule has 0 unspecified atom stereocenters. The van der Waals surface area contributed by atoms with Crippen molar-refractivity contribution in [3.63, 3.8) is 0 Å². The van der Waals surface area contributed by atoms with Crippen molar-refractivity contribution in [3.05, 3.63) is 28.9 Å². The van der Waals surface area contributed by atoms with Crippen molar-refractivity contribution in [1.29, 1.82) is 0 Å². The zero-order valence-electron chi connectivity index (χ0n) is 12.7. The van der Waals surface area contributed by atoms with Crippen molar-refractivity contribution < 1.29 is 14.8 Å². The number of aromatic nitrogens is 1. The first-order chi connectivity index (χ1) is 11.0. The molecule has 0 spiro atoms. The molecule has 2 heterocycles. The average molecular weight is 339 g/mol. The molecule has 1 saturated heterocycles. The number of hydroxylamine groups is 1. The lowest BCUT2D eigenvalue weighted by molar-refractivity contribution is -0.124. The first-order valence-corrected chi connectivity index (χ1v) is 7.62. The molecule has 124 valence electrons. The van der Waals surface area contributed by atoms with E-state index < -0.39 is 11.4 Å². The van der Waals surface area contributed by atoms with Gasteiger partial charge in [0.2, 0.25) is 0 Å². The second-order valence-corrected chi connectivity index (χ2v) is 5.86. The molecule has 1 atom stereocenters. The standard InChI is InChI=1S/C15H19ClN4O3/c1-10(21)15(5-2-6-17-9-15)19-14-12(16)7-11(8-18-14)3-4-13(22)20-23/h3-4,7-8,17,23H,2,5-6,9H2,1H3,(H,18,19)(H,20,22)/b4-3+/t15-/m1/s1. The quantitative estimate of drug-likeness (QED) is 0.367. The highest BCUT2D eigenvalue weighted by Gasteiger charge is 2.37. The van der Waals surface area contributed by atoms with Crippen molar-refractivity contribution in [3.8, 4) is 0 Å². The summed E-state index contributed by atoms with van der Waals surface area (Å²) in [6, 6.07) is 1.63. The fourth-order valence-corrected chi connectivity index (χ4v) is 2.69. The highest BCUT2D eigenvalue weighted by molar-refractivity contribution is 6.33. The maximum Gasteiger partial charge on any atom is 0.267 e. The van der Waals surface area contributed by atoms with E-state index in [0.29, 0.717) is 29.4 Å². The Kier molecular flexibility index (Phi) is 5.70. The van der Waals surface area contributed by atoms with Crippen molar-refractivity contribution in [2.24, 2.45) is 0 Å². The zero-order valence-corrected chi connectivity index (χ0v) is 13.5. The fraction of sp³-hybridized carbons (Fsp3) is 0.400. The van der Waals surface area contributed by atoms with Gasteiger partial charge in [-0.25, -0.2) is 10.5 Å². The van der Waals surface area contributed by atoms with Gasteiger partial charge in [-0.3, -0.25) is 14.8 Å². The Morgan fingerprint density at radius 1 is 1.52 bits per heavy atom. The molecule has 0 saturated carbocycles. The Hall–Kier alpha value is -1.96. The third-order valence-corrected chi connectivity index (χ3v) is 4.10. The number of piperidine rings is 1. The van der Waals surface area contributed by atoms with Crippen LogP contribution in [-0.4, -0.2) is 40.5 Å². The van der Waals surface area contributed by atoms with E-state index >= 15 is 0 Å². The number of ketones is 1. The van der Waals surface area contributed by atoms with Crippen LogP contribution < -0.4 is 16.1 Å². The van der Waals surface area contributed by atoms with Gasteiger partial charge in [-0.1, -0.05) is 11.6 Å². The Labute approximate surface area is 139 Å². The van der Waals surface area contributed by atoms with E-state index in [2.05, 4.69) is 15.6 Å². The first-order valence-electron chi connectivity index (χ1n) is 7.24. The molecular formula is C15H19ClN4O3. The number of Topliss-reactive ketones (excluding diaryl/α,β-unsaturated/α-hetero) is 1. The largest absolute Gasteiger partial charge is 0.355 e. The van der Waals surface area contributed by atoms with Gasteiger partial charge in [0.05, 0.1) is 5.02 Å². The highest BCUT2D eigenvalue weighted by Crippen LogP contribution is 2.28. The predicted molar refractivity (Wildman–Crippen MR) is 87.3 cm³/mol. The molecule has 1 aliphatic rings. The summed E-state index contributed by atoms with van der Waals surface area (Å²) in [4.78, 5) is 27.3. The number of carbonyl (C=O) groups excluding carboxylic acids is 2. The summed E-state index contributed by atoms with van der Waals surface area (Å²) in [5, 5.41) is 15.2. The molecule has 8 heteroatoms. The van der Waals surface area contributed by atoms with Crippen LogP contribution in [0.2, 0.25) is 5.02 Å². The number of hydrogen-bond acceptors (Lipinski definition) is 6. The van der Waals surface area contributed by atoms with Crippen LogP contribution in [0.3, 0.4) is 0 Å². The molecule has 0 aromatic carbocycles. The van der Waals surface area contributed by atoms with Crippen LogP contribution in [0.4, 0.5) is 5.82 Å². The highest BCUT2D eigenvalue weighted by atomic mass is 35.5. The number of carbonyl (C=O) groups is 2. The van der Waals surface area contributed by atoms with E-state index in [1.54, 1.807) is 13.0 Å². The van der Waals surface area contributed by atoms with E-state index in [4.69, 9.17) is 16.8 Å². The number of rotatable bonds is 5. The van der Waals surface area contributed by atoms with Crippen LogP contribution >= 0.6 is 11.6 Å². The molecule has 1 aromatic rings. The van der Waals surface area contributed by atoms with Crippen molar-refractivity contribution >= 4 is 35.2 Å². The SMILES string of the molecule is CC(=O)[C@@]1(Nc2ncc(/C=C/C(=O)NO)cc2Cl)CCCNC1. The van der Waals surface area contributed by atoms with Gasteiger partial charge in [0.25, 0.3) is 5.91 Å². The van der Waals surface area contributed by atoms with Gasteiger partial charge in [-0.2, -0.15) is 0 Å². The molecule has 1 aromatic heterocycles. The molecule has 0 radical (unpaired) electrons. The number of amides is 1. The summed E-state index contributed by atoms with van der Waals surface area (Å²) < 4.78 is 0. The molecule has 0 aliphatic carbocycles.